The minimum Gasteiger partial charge on any atom is -0.381 e. The van der Waals surface area contributed by atoms with Gasteiger partial charge in [0.25, 0.3) is 0 Å². The van der Waals surface area contributed by atoms with E-state index < -0.39 is 0 Å². The number of likely N-dealkylation sites (N-methyl/N-ethyl adjacent to an activating group) is 1. The Morgan fingerprint density at radius 1 is 1.38 bits per heavy atom. The fraction of sp³-hybridized carbons (Fsp3) is 0.444. The van der Waals surface area contributed by atoms with Crippen LogP contribution in [-0.2, 0) is 14.9 Å². The molecule has 1 spiro atoms. The molecule has 6 heteroatoms. The van der Waals surface area contributed by atoms with Crippen LogP contribution in [0.25, 0.3) is 0 Å². The van der Waals surface area contributed by atoms with Gasteiger partial charge in [0.05, 0.1) is 6.54 Å². The zero-order valence-corrected chi connectivity index (χ0v) is 14.6. The topological polar surface area (TPSA) is 45.7 Å². The fourth-order valence-corrected chi connectivity index (χ4v) is 4.45. The second-order valence-electron chi connectivity index (χ2n) is 6.53. The number of hydrogen-bond acceptors (Lipinski definition) is 5. The third kappa shape index (κ3) is 2.59. The van der Waals surface area contributed by atoms with Gasteiger partial charge in [0, 0.05) is 49.5 Å². The van der Waals surface area contributed by atoms with Gasteiger partial charge in [-0.15, -0.1) is 11.3 Å². The Morgan fingerprint density at radius 3 is 2.92 bits per heavy atom. The molecule has 0 N–H and O–H groups in total. The molecule has 1 aromatic heterocycles. The second-order valence-corrected chi connectivity index (χ2v) is 7.41. The molecular weight excluding hydrogens is 322 g/mol. The molecule has 0 atom stereocenters. The van der Waals surface area contributed by atoms with Gasteiger partial charge in [0.15, 0.2) is 5.13 Å². The highest BCUT2D eigenvalue weighted by Crippen LogP contribution is 2.46. The molecule has 0 saturated carbocycles. The summed E-state index contributed by atoms with van der Waals surface area (Å²) < 4.78 is 5.57. The summed E-state index contributed by atoms with van der Waals surface area (Å²) in [6, 6.07) is 8.51. The first kappa shape index (κ1) is 15.6. The number of hydrogen-bond donors (Lipinski definition) is 0. The number of anilines is 2. The smallest absolute Gasteiger partial charge is 0.248 e. The van der Waals surface area contributed by atoms with Gasteiger partial charge in [-0.2, -0.15) is 0 Å². The highest BCUT2D eigenvalue weighted by atomic mass is 32.1. The molecule has 24 heavy (non-hydrogen) atoms. The maximum absolute atomic E-state index is 12.7. The molecule has 2 aliphatic rings. The molecule has 2 aromatic rings. The number of carbonyl (C=O) groups excluding carboxylic acids is 1. The maximum atomic E-state index is 12.7. The zero-order chi connectivity index (χ0) is 16.6. The average Bonchev–Trinajstić information content (AvgIpc) is 3.24. The summed E-state index contributed by atoms with van der Waals surface area (Å²) >= 11 is 1.48. The summed E-state index contributed by atoms with van der Waals surface area (Å²) in [5.74, 6) is 0.0730. The van der Waals surface area contributed by atoms with Crippen molar-refractivity contribution in [1.29, 1.82) is 0 Å². The van der Waals surface area contributed by atoms with Crippen molar-refractivity contribution in [3.63, 3.8) is 0 Å². The summed E-state index contributed by atoms with van der Waals surface area (Å²) in [6.07, 6.45) is 3.78. The number of ether oxygens (including phenoxy) is 1. The molecule has 3 heterocycles. The predicted octanol–water partition coefficient (Wildman–Crippen LogP) is 2.67. The molecule has 1 amide bonds. The first-order valence-electron chi connectivity index (χ1n) is 8.28. The Hall–Kier alpha value is -1.92. The van der Waals surface area contributed by atoms with Gasteiger partial charge in [-0.3, -0.25) is 9.69 Å². The lowest BCUT2D eigenvalue weighted by Gasteiger charge is -2.34. The van der Waals surface area contributed by atoms with Crippen molar-refractivity contribution in [2.45, 2.75) is 18.3 Å². The van der Waals surface area contributed by atoms with Crippen molar-refractivity contribution in [1.82, 2.24) is 4.98 Å². The molecule has 0 aliphatic carbocycles. The van der Waals surface area contributed by atoms with E-state index in [9.17, 15) is 4.79 Å². The van der Waals surface area contributed by atoms with Gasteiger partial charge in [-0.1, -0.05) is 18.2 Å². The van der Waals surface area contributed by atoms with Crippen LogP contribution < -0.4 is 9.80 Å². The van der Waals surface area contributed by atoms with Crippen LogP contribution in [0.5, 0.6) is 0 Å². The highest BCUT2D eigenvalue weighted by Gasteiger charge is 2.44. The van der Waals surface area contributed by atoms with Crippen LogP contribution in [0.1, 0.15) is 18.4 Å². The maximum Gasteiger partial charge on any atom is 0.248 e. The monoisotopic (exact) mass is 343 g/mol. The van der Waals surface area contributed by atoms with Crippen LogP contribution >= 0.6 is 11.3 Å². The van der Waals surface area contributed by atoms with Crippen molar-refractivity contribution < 1.29 is 9.53 Å². The molecule has 5 nitrogen and oxygen atoms in total. The Labute approximate surface area is 145 Å². The minimum absolute atomic E-state index is 0.0730. The number of benzene rings is 1. The number of amides is 1. The average molecular weight is 343 g/mol. The highest BCUT2D eigenvalue weighted by molar-refractivity contribution is 7.13. The minimum atomic E-state index is 0.0730. The number of carbonyl (C=O) groups is 1. The summed E-state index contributed by atoms with van der Waals surface area (Å²) in [5.41, 5.74) is 2.70. The number of thiazole rings is 1. The Kier molecular flexibility index (Phi) is 4.02. The second kappa shape index (κ2) is 6.18. The van der Waals surface area contributed by atoms with E-state index in [0.29, 0.717) is 6.54 Å². The Balaban J connectivity index is 1.57. The van der Waals surface area contributed by atoms with E-state index in [-0.39, 0.29) is 11.3 Å². The van der Waals surface area contributed by atoms with E-state index in [1.807, 2.05) is 5.38 Å². The number of fused-ring (bicyclic) bond motifs is 2. The zero-order valence-electron chi connectivity index (χ0n) is 13.8. The molecule has 1 saturated heterocycles. The predicted molar refractivity (Wildman–Crippen MR) is 95.9 cm³/mol. The van der Waals surface area contributed by atoms with Crippen molar-refractivity contribution in [3.05, 3.63) is 41.4 Å². The number of nitrogens with zero attached hydrogens (tertiary/aromatic N) is 3. The molecule has 2 aliphatic heterocycles. The molecule has 1 aromatic carbocycles. The van der Waals surface area contributed by atoms with Gasteiger partial charge < -0.3 is 9.64 Å². The van der Waals surface area contributed by atoms with Crippen LogP contribution in [0.4, 0.5) is 10.8 Å². The quantitative estimate of drug-likeness (QED) is 0.860. The molecule has 126 valence electrons. The lowest BCUT2D eigenvalue weighted by atomic mass is 9.76. The van der Waals surface area contributed by atoms with E-state index in [4.69, 9.17) is 4.74 Å². The Morgan fingerprint density at radius 2 is 2.17 bits per heavy atom. The van der Waals surface area contributed by atoms with E-state index in [2.05, 4.69) is 34.1 Å². The SMILES string of the molecule is CN(C(=O)CN1CC2(CCOCC2)c2ccccc21)c1nccs1. The first-order chi connectivity index (χ1) is 11.7. The summed E-state index contributed by atoms with van der Waals surface area (Å²) in [6.45, 7) is 2.88. The summed E-state index contributed by atoms with van der Waals surface area (Å²) in [4.78, 5) is 20.8. The van der Waals surface area contributed by atoms with Crippen molar-refractivity contribution in [3.8, 4) is 0 Å². The summed E-state index contributed by atoms with van der Waals surface area (Å²) in [5, 5.41) is 2.63. The van der Waals surface area contributed by atoms with E-state index in [1.165, 1.54) is 22.6 Å². The number of rotatable bonds is 3. The van der Waals surface area contributed by atoms with Gasteiger partial charge in [0.1, 0.15) is 0 Å². The lowest BCUT2D eigenvalue weighted by Crippen LogP contribution is -2.42. The van der Waals surface area contributed by atoms with Crippen LogP contribution in [0.3, 0.4) is 0 Å². The van der Waals surface area contributed by atoms with Gasteiger partial charge >= 0.3 is 0 Å². The molecule has 1 fully saturated rings. The Bertz CT molecular complexity index is 726. The fourth-order valence-electron chi connectivity index (χ4n) is 3.82. The van der Waals surface area contributed by atoms with Gasteiger partial charge in [-0.05, 0) is 24.5 Å². The molecule has 0 unspecified atom stereocenters. The van der Waals surface area contributed by atoms with Crippen molar-refractivity contribution in [2.24, 2.45) is 0 Å². The van der Waals surface area contributed by atoms with E-state index >= 15 is 0 Å². The van der Waals surface area contributed by atoms with Crippen LogP contribution in [-0.4, -0.2) is 44.2 Å². The van der Waals surface area contributed by atoms with Crippen LogP contribution in [0.15, 0.2) is 35.8 Å². The number of para-hydroxylation sites is 1. The number of aromatic nitrogens is 1. The van der Waals surface area contributed by atoms with E-state index in [1.54, 1.807) is 18.1 Å². The molecule has 4 rings (SSSR count). The van der Waals surface area contributed by atoms with Crippen molar-refractivity contribution >= 4 is 28.1 Å². The van der Waals surface area contributed by atoms with Crippen LogP contribution in [0.2, 0.25) is 0 Å². The molecular formula is C18H21N3O2S. The van der Waals surface area contributed by atoms with E-state index in [0.717, 1.165) is 37.7 Å². The normalized spacial score (nSPS) is 18.6. The molecule has 0 radical (unpaired) electrons. The largest absolute Gasteiger partial charge is 0.381 e. The van der Waals surface area contributed by atoms with Gasteiger partial charge in [0.2, 0.25) is 5.91 Å². The third-order valence-electron chi connectivity index (χ3n) is 5.17. The van der Waals surface area contributed by atoms with Crippen LogP contribution in [0, 0.1) is 0 Å². The summed E-state index contributed by atoms with van der Waals surface area (Å²) in [7, 11) is 1.80. The lowest BCUT2D eigenvalue weighted by molar-refractivity contribution is -0.117. The standard InChI is InChI=1S/C18H21N3O2S/c1-20(17-19-8-11-24-17)16(22)12-21-13-18(6-9-23-10-7-18)14-4-2-3-5-15(14)21/h2-5,8,11H,6-7,9-10,12-13H2,1H3. The van der Waals surface area contributed by atoms with Crippen molar-refractivity contribution in [2.75, 3.05) is 43.2 Å². The van der Waals surface area contributed by atoms with Gasteiger partial charge in [-0.25, -0.2) is 4.98 Å². The molecule has 0 bridgehead atoms. The third-order valence-corrected chi connectivity index (χ3v) is 6.01. The first-order valence-corrected chi connectivity index (χ1v) is 9.16.